The molecule has 0 N–H and O–H groups in total. The molecule has 0 aromatic heterocycles. The zero-order valence-corrected chi connectivity index (χ0v) is 14.2. The molecule has 1 unspecified atom stereocenters. The first-order valence-electron chi connectivity index (χ1n) is 7.97. The second-order valence-corrected chi connectivity index (χ2v) is 6.88. The average molecular weight is 260 g/mol. The van der Waals surface area contributed by atoms with Crippen LogP contribution in [0.15, 0.2) is 12.1 Å². The molecule has 0 saturated heterocycles. The molecule has 0 spiro atoms. The SMILES string of the molecule is CCC(C)c1cc(C(C)C)c(C(C)C)cc1C(C)C. The summed E-state index contributed by atoms with van der Waals surface area (Å²) in [4.78, 5) is 0. The standard InChI is InChI=1S/C19H32/c1-9-15(8)19-11-17(13(4)5)16(12(2)3)10-18(19)14(6)7/h10-15H,9H2,1-8H3. The van der Waals surface area contributed by atoms with Crippen LogP contribution >= 0.6 is 0 Å². The van der Waals surface area contributed by atoms with Gasteiger partial charge in [0, 0.05) is 0 Å². The molecule has 1 aromatic rings. The van der Waals surface area contributed by atoms with Crippen LogP contribution in [0.2, 0.25) is 0 Å². The van der Waals surface area contributed by atoms with Crippen molar-refractivity contribution in [2.24, 2.45) is 0 Å². The van der Waals surface area contributed by atoms with Crippen LogP contribution in [0.4, 0.5) is 0 Å². The third-order valence-corrected chi connectivity index (χ3v) is 4.30. The monoisotopic (exact) mass is 260 g/mol. The molecule has 1 atom stereocenters. The van der Waals surface area contributed by atoms with E-state index in [1.54, 1.807) is 22.3 Å². The van der Waals surface area contributed by atoms with Gasteiger partial charge >= 0.3 is 0 Å². The minimum Gasteiger partial charge on any atom is -0.0648 e. The first-order chi connectivity index (χ1) is 8.79. The quantitative estimate of drug-likeness (QED) is 0.561. The normalized spacial score (nSPS) is 13.6. The summed E-state index contributed by atoms with van der Waals surface area (Å²) in [6.45, 7) is 18.6. The Bertz CT molecular complexity index is 410. The van der Waals surface area contributed by atoms with Crippen molar-refractivity contribution in [1.82, 2.24) is 0 Å². The topological polar surface area (TPSA) is 0 Å². The first kappa shape index (κ1) is 16.3. The molecule has 0 fully saturated rings. The van der Waals surface area contributed by atoms with E-state index in [0.717, 1.165) is 0 Å². The van der Waals surface area contributed by atoms with Crippen LogP contribution < -0.4 is 0 Å². The summed E-state index contributed by atoms with van der Waals surface area (Å²) >= 11 is 0. The molecule has 1 rings (SSSR count). The highest BCUT2D eigenvalue weighted by atomic mass is 14.2. The van der Waals surface area contributed by atoms with Gasteiger partial charge in [0.1, 0.15) is 0 Å². The van der Waals surface area contributed by atoms with Crippen molar-refractivity contribution >= 4 is 0 Å². The molecule has 0 heteroatoms. The van der Waals surface area contributed by atoms with Gasteiger partial charge in [0.25, 0.3) is 0 Å². The molecule has 0 heterocycles. The zero-order chi connectivity index (χ0) is 14.7. The molecular formula is C19H32. The zero-order valence-electron chi connectivity index (χ0n) is 14.2. The van der Waals surface area contributed by atoms with E-state index >= 15 is 0 Å². The van der Waals surface area contributed by atoms with E-state index in [1.807, 2.05) is 0 Å². The minimum absolute atomic E-state index is 0.612. The molecule has 0 aliphatic heterocycles. The Morgan fingerprint density at radius 1 is 0.632 bits per heavy atom. The number of benzene rings is 1. The molecule has 0 amide bonds. The van der Waals surface area contributed by atoms with Crippen molar-refractivity contribution in [3.8, 4) is 0 Å². The van der Waals surface area contributed by atoms with Crippen molar-refractivity contribution in [2.45, 2.75) is 85.5 Å². The molecule has 0 aliphatic carbocycles. The number of rotatable bonds is 5. The second-order valence-electron chi connectivity index (χ2n) is 6.88. The van der Waals surface area contributed by atoms with Crippen LogP contribution in [0.1, 0.15) is 108 Å². The van der Waals surface area contributed by atoms with E-state index in [0.29, 0.717) is 23.7 Å². The maximum Gasteiger partial charge on any atom is -0.0190 e. The molecule has 0 bridgehead atoms. The summed E-state index contributed by atoms with van der Waals surface area (Å²) in [6, 6.07) is 5.00. The maximum absolute atomic E-state index is 2.50. The van der Waals surface area contributed by atoms with E-state index in [4.69, 9.17) is 0 Å². The Hall–Kier alpha value is -0.780. The van der Waals surface area contributed by atoms with Gasteiger partial charge in [-0.1, -0.05) is 67.5 Å². The summed E-state index contributed by atoms with van der Waals surface area (Å²) in [6.07, 6.45) is 1.22. The fourth-order valence-electron chi connectivity index (χ4n) is 2.82. The van der Waals surface area contributed by atoms with E-state index in [1.165, 1.54) is 6.42 Å². The first-order valence-corrected chi connectivity index (χ1v) is 7.97. The highest BCUT2D eigenvalue weighted by molar-refractivity contribution is 5.44. The highest BCUT2D eigenvalue weighted by Gasteiger charge is 2.18. The second kappa shape index (κ2) is 6.59. The van der Waals surface area contributed by atoms with Gasteiger partial charge in [0.15, 0.2) is 0 Å². The lowest BCUT2D eigenvalue weighted by Gasteiger charge is -2.25. The molecule has 1 aromatic carbocycles. The summed E-state index contributed by atoms with van der Waals surface area (Å²) in [5.74, 6) is 2.50. The highest BCUT2D eigenvalue weighted by Crippen LogP contribution is 2.36. The molecular weight excluding hydrogens is 228 g/mol. The molecule has 0 nitrogen and oxygen atoms in total. The summed E-state index contributed by atoms with van der Waals surface area (Å²) in [7, 11) is 0. The third-order valence-electron chi connectivity index (χ3n) is 4.30. The van der Waals surface area contributed by atoms with E-state index in [2.05, 4.69) is 67.5 Å². The van der Waals surface area contributed by atoms with Gasteiger partial charge in [-0.25, -0.2) is 0 Å². The van der Waals surface area contributed by atoms with Crippen molar-refractivity contribution in [1.29, 1.82) is 0 Å². The van der Waals surface area contributed by atoms with Gasteiger partial charge in [-0.3, -0.25) is 0 Å². The van der Waals surface area contributed by atoms with Crippen LogP contribution in [0.5, 0.6) is 0 Å². The van der Waals surface area contributed by atoms with Crippen molar-refractivity contribution in [3.63, 3.8) is 0 Å². The van der Waals surface area contributed by atoms with Crippen molar-refractivity contribution < 1.29 is 0 Å². The van der Waals surface area contributed by atoms with Crippen molar-refractivity contribution in [2.75, 3.05) is 0 Å². The van der Waals surface area contributed by atoms with Crippen LogP contribution in [0.3, 0.4) is 0 Å². The molecule has 0 radical (unpaired) electrons. The smallest absolute Gasteiger partial charge is 0.0190 e. The van der Waals surface area contributed by atoms with E-state index in [-0.39, 0.29) is 0 Å². The molecule has 0 saturated carbocycles. The largest absolute Gasteiger partial charge is 0.0648 e. The average Bonchev–Trinajstić information content (AvgIpc) is 2.35. The Labute approximate surface area is 120 Å². The van der Waals surface area contributed by atoms with Crippen LogP contribution in [0.25, 0.3) is 0 Å². The Morgan fingerprint density at radius 3 is 1.26 bits per heavy atom. The molecule has 0 aliphatic rings. The summed E-state index contributed by atoms with van der Waals surface area (Å²) in [5, 5.41) is 0. The van der Waals surface area contributed by atoms with Crippen LogP contribution in [-0.2, 0) is 0 Å². The summed E-state index contributed by atoms with van der Waals surface area (Å²) < 4.78 is 0. The molecule has 19 heavy (non-hydrogen) atoms. The van der Waals surface area contributed by atoms with Gasteiger partial charge in [0.2, 0.25) is 0 Å². The fraction of sp³-hybridized carbons (Fsp3) is 0.684. The van der Waals surface area contributed by atoms with E-state index < -0.39 is 0 Å². The Balaban J connectivity index is 3.50. The lowest BCUT2D eigenvalue weighted by atomic mass is 9.80. The Morgan fingerprint density at radius 2 is 0.947 bits per heavy atom. The van der Waals surface area contributed by atoms with Crippen LogP contribution in [0, 0.1) is 0 Å². The van der Waals surface area contributed by atoms with Crippen molar-refractivity contribution in [3.05, 3.63) is 34.4 Å². The van der Waals surface area contributed by atoms with Gasteiger partial charge < -0.3 is 0 Å². The minimum atomic E-state index is 0.612. The number of hydrogen-bond acceptors (Lipinski definition) is 0. The van der Waals surface area contributed by atoms with Gasteiger partial charge in [-0.15, -0.1) is 0 Å². The maximum atomic E-state index is 2.50. The van der Waals surface area contributed by atoms with Crippen LogP contribution in [-0.4, -0.2) is 0 Å². The number of hydrogen-bond donors (Lipinski definition) is 0. The Kier molecular flexibility index (Phi) is 5.64. The van der Waals surface area contributed by atoms with Gasteiger partial charge in [-0.2, -0.15) is 0 Å². The van der Waals surface area contributed by atoms with Gasteiger partial charge in [-0.05, 0) is 52.3 Å². The fourth-order valence-corrected chi connectivity index (χ4v) is 2.82. The predicted molar refractivity (Wildman–Crippen MR) is 87.4 cm³/mol. The predicted octanol–water partition coefficient (Wildman–Crippen LogP) is 6.57. The third kappa shape index (κ3) is 3.61. The lowest BCUT2D eigenvalue weighted by molar-refractivity contribution is 0.695. The van der Waals surface area contributed by atoms with E-state index in [9.17, 15) is 0 Å². The van der Waals surface area contributed by atoms with Gasteiger partial charge in [0.05, 0.1) is 0 Å². The molecule has 108 valence electrons. The summed E-state index contributed by atoms with van der Waals surface area (Å²) in [5.41, 5.74) is 6.23. The lowest BCUT2D eigenvalue weighted by Crippen LogP contribution is -2.07.